The standard InChI is InChI=1S/C17H14O7/c1-22-12-7-8(3-5-10(12)18)15-17(23-2)13(20)9-4-6-11(19)14(21)16(9)24-15/h3-7,18-19,21H,1-2H3. The Bertz CT molecular complexity index is 988. The smallest absolute Gasteiger partial charge is 0.235 e. The van der Waals surface area contributed by atoms with Crippen molar-refractivity contribution in [3.05, 3.63) is 40.6 Å². The SMILES string of the molecule is COc1cc(-c2oc3c(O)c(O)ccc3c(=O)c2OC)ccc1O. The highest BCUT2D eigenvalue weighted by Crippen LogP contribution is 2.39. The van der Waals surface area contributed by atoms with Crippen molar-refractivity contribution in [2.24, 2.45) is 0 Å². The van der Waals surface area contributed by atoms with Crippen molar-refractivity contribution in [1.82, 2.24) is 0 Å². The van der Waals surface area contributed by atoms with E-state index in [-0.39, 0.29) is 34.0 Å². The van der Waals surface area contributed by atoms with Crippen LogP contribution in [0.1, 0.15) is 0 Å². The van der Waals surface area contributed by atoms with Gasteiger partial charge in [-0.05, 0) is 30.3 Å². The average Bonchev–Trinajstić information content (AvgIpc) is 2.58. The first-order valence-electron chi connectivity index (χ1n) is 6.91. The molecule has 7 heteroatoms. The molecule has 2 aromatic carbocycles. The summed E-state index contributed by atoms with van der Waals surface area (Å²) < 4.78 is 15.8. The van der Waals surface area contributed by atoms with E-state index in [4.69, 9.17) is 13.9 Å². The molecule has 1 heterocycles. The van der Waals surface area contributed by atoms with Crippen molar-refractivity contribution in [3.8, 4) is 40.1 Å². The second-order valence-corrected chi connectivity index (χ2v) is 4.99. The largest absolute Gasteiger partial charge is 0.504 e. The maximum atomic E-state index is 12.6. The summed E-state index contributed by atoms with van der Waals surface area (Å²) in [5.74, 6) is -0.889. The Morgan fingerprint density at radius 1 is 0.958 bits per heavy atom. The predicted octanol–water partition coefficient (Wildman–Crippen LogP) is 2.59. The third-order valence-corrected chi connectivity index (χ3v) is 3.62. The van der Waals surface area contributed by atoms with Gasteiger partial charge in [0.25, 0.3) is 0 Å². The number of benzene rings is 2. The van der Waals surface area contributed by atoms with Gasteiger partial charge in [-0.25, -0.2) is 0 Å². The van der Waals surface area contributed by atoms with Crippen LogP contribution in [0.15, 0.2) is 39.5 Å². The zero-order valence-corrected chi connectivity index (χ0v) is 12.9. The zero-order valence-electron chi connectivity index (χ0n) is 12.9. The van der Waals surface area contributed by atoms with Gasteiger partial charge >= 0.3 is 0 Å². The maximum Gasteiger partial charge on any atom is 0.235 e. The average molecular weight is 330 g/mol. The Kier molecular flexibility index (Phi) is 3.69. The van der Waals surface area contributed by atoms with Crippen molar-refractivity contribution in [2.45, 2.75) is 0 Å². The maximum absolute atomic E-state index is 12.6. The molecule has 0 bridgehead atoms. The van der Waals surface area contributed by atoms with Gasteiger partial charge in [0.2, 0.25) is 16.9 Å². The quantitative estimate of drug-likeness (QED) is 0.633. The first kappa shape index (κ1) is 15.5. The molecule has 0 atom stereocenters. The number of rotatable bonds is 3. The lowest BCUT2D eigenvalue weighted by Gasteiger charge is -2.11. The van der Waals surface area contributed by atoms with Crippen LogP contribution >= 0.6 is 0 Å². The van der Waals surface area contributed by atoms with E-state index in [1.54, 1.807) is 0 Å². The van der Waals surface area contributed by atoms with Crippen molar-refractivity contribution in [1.29, 1.82) is 0 Å². The lowest BCUT2D eigenvalue weighted by Crippen LogP contribution is -2.07. The lowest BCUT2D eigenvalue weighted by molar-refractivity contribution is 0.373. The number of fused-ring (bicyclic) bond motifs is 1. The van der Waals surface area contributed by atoms with Crippen LogP contribution in [0.25, 0.3) is 22.3 Å². The van der Waals surface area contributed by atoms with Crippen LogP contribution in [0.4, 0.5) is 0 Å². The van der Waals surface area contributed by atoms with E-state index in [0.717, 1.165) is 0 Å². The molecule has 3 N–H and O–H groups in total. The topological polar surface area (TPSA) is 109 Å². The van der Waals surface area contributed by atoms with Crippen LogP contribution in [0.5, 0.6) is 28.7 Å². The van der Waals surface area contributed by atoms with Crippen molar-refractivity contribution >= 4 is 11.0 Å². The minimum atomic E-state index is -0.542. The monoisotopic (exact) mass is 330 g/mol. The van der Waals surface area contributed by atoms with Gasteiger partial charge in [-0.15, -0.1) is 0 Å². The van der Waals surface area contributed by atoms with Gasteiger partial charge in [0.1, 0.15) is 0 Å². The highest BCUT2D eigenvalue weighted by Gasteiger charge is 2.21. The van der Waals surface area contributed by atoms with Gasteiger partial charge in [-0.2, -0.15) is 0 Å². The van der Waals surface area contributed by atoms with Crippen molar-refractivity contribution in [2.75, 3.05) is 14.2 Å². The van der Waals surface area contributed by atoms with E-state index in [2.05, 4.69) is 0 Å². The summed E-state index contributed by atoms with van der Waals surface area (Å²) in [4.78, 5) is 12.6. The Hall–Kier alpha value is -3.35. The predicted molar refractivity (Wildman–Crippen MR) is 86.0 cm³/mol. The van der Waals surface area contributed by atoms with Crippen LogP contribution < -0.4 is 14.9 Å². The van der Waals surface area contributed by atoms with Crippen LogP contribution in [-0.4, -0.2) is 29.5 Å². The molecule has 0 fully saturated rings. The summed E-state index contributed by atoms with van der Waals surface area (Å²) >= 11 is 0. The van der Waals surface area contributed by atoms with Gasteiger partial charge in [0.05, 0.1) is 19.6 Å². The number of methoxy groups -OCH3 is 2. The molecular weight excluding hydrogens is 316 g/mol. The minimum Gasteiger partial charge on any atom is -0.504 e. The zero-order chi connectivity index (χ0) is 17.4. The molecule has 0 spiro atoms. The fraction of sp³-hybridized carbons (Fsp3) is 0.118. The highest BCUT2D eigenvalue weighted by atomic mass is 16.5. The van der Waals surface area contributed by atoms with Gasteiger partial charge in [-0.3, -0.25) is 4.79 Å². The van der Waals surface area contributed by atoms with E-state index in [1.807, 2.05) is 0 Å². The fourth-order valence-corrected chi connectivity index (χ4v) is 2.41. The number of phenolic OH excluding ortho intramolecular Hbond substituents is 3. The molecule has 3 aromatic rings. The third-order valence-electron chi connectivity index (χ3n) is 3.62. The summed E-state index contributed by atoms with van der Waals surface area (Å²) in [5, 5.41) is 29.4. The molecule has 24 heavy (non-hydrogen) atoms. The molecule has 0 saturated carbocycles. The lowest BCUT2D eigenvalue weighted by atomic mass is 10.1. The first-order valence-corrected chi connectivity index (χ1v) is 6.91. The normalized spacial score (nSPS) is 10.8. The molecule has 0 amide bonds. The van der Waals surface area contributed by atoms with E-state index >= 15 is 0 Å². The Labute approximate surface area is 135 Å². The Morgan fingerprint density at radius 3 is 2.33 bits per heavy atom. The number of hydrogen-bond donors (Lipinski definition) is 3. The molecule has 0 aliphatic carbocycles. The number of phenols is 3. The van der Waals surface area contributed by atoms with Crippen LogP contribution in [-0.2, 0) is 0 Å². The van der Waals surface area contributed by atoms with Crippen molar-refractivity contribution < 1.29 is 29.2 Å². The van der Waals surface area contributed by atoms with Gasteiger partial charge < -0.3 is 29.2 Å². The molecule has 124 valence electrons. The minimum absolute atomic E-state index is 0.0363. The van der Waals surface area contributed by atoms with Crippen molar-refractivity contribution in [3.63, 3.8) is 0 Å². The van der Waals surface area contributed by atoms with Gasteiger partial charge in [0.15, 0.2) is 28.6 Å². The number of ether oxygens (including phenoxy) is 2. The summed E-state index contributed by atoms with van der Waals surface area (Å²) in [7, 11) is 2.70. The molecule has 0 radical (unpaired) electrons. The van der Waals surface area contributed by atoms with E-state index in [9.17, 15) is 20.1 Å². The number of aromatic hydroxyl groups is 3. The summed E-state index contributed by atoms with van der Waals surface area (Å²) in [6.07, 6.45) is 0. The molecule has 3 rings (SSSR count). The summed E-state index contributed by atoms with van der Waals surface area (Å²) in [6.45, 7) is 0. The molecule has 0 unspecified atom stereocenters. The Balaban J connectivity index is 2.39. The van der Waals surface area contributed by atoms with Gasteiger partial charge in [-0.1, -0.05) is 0 Å². The molecule has 0 aliphatic rings. The fourth-order valence-electron chi connectivity index (χ4n) is 2.41. The van der Waals surface area contributed by atoms with E-state index in [0.29, 0.717) is 5.56 Å². The molecule has 1 aromatic heterocycles. The van der Waals surface area contributed by atoms with Crippen LogP contribution in [0.3, 0.4) is 0 Å². The second-order valence-electron chi connectivity index (χ2n) is 4.99. The molecule has 7 nitrogen and oxygen atoms in total. The molecule has 0 aliphatic heterocycles. The number of hydrogen-bond acceptors (Lipinski definition) is 7. The second kappa shape index (κ2) is 5.69. The van der Waals surface area contributed by atoms with E-state index in [1.165, 1.54) is 44.6 Å². The third kappa shape index (κ3) is 2.26. The highest BCUT2D eigenvalue weighted by molar-refractivity contribution is 5.88. The summed E-state index contributed by atoms with van der Waals surface area (Å²) in [5.41, 5.74) is -0.276. The van der Waals surface area contributed by atoms with E-state index < -0.39 is 16.9 Å². The summed E-state index contributed by atoms with van der Waals surface area (Å²) in [6, 6.07) is 6.86. The Morgan fingerprint density at radius 2 is 1.67 bits per heavy atom. The molecule has 0 saturated heterocycles. The molecular formula is C17H14O7. The van der Waals surface area contributed by atoms with Gasteiger partial charge in [0, 0.05) is 5.56 Å². The van der Waals surface area contributed by atoms with Crippen LogP contribution in [0.2, 0.25) is 0 Å². The first-order chi connectivity index (χ1) is 11.5. The van der Waals surface area contributed by atoms with Crippen LogP contribution in [0, 0.1) is 0 Å².